The predicted molar refractivity (Wildman–Crippen MR) is 116 cm³/mol. The van der Waals surface area contributed by atoms with Crippen molar-refractivity contribution < 1.29 is 4.79 Å². The van der Waals surface area contributed by atoms with E-state index in [2.05, 4.69) is 34.4 Å². The number of primary amides is 1. The van der Waals surface area contributed by atoms with Gasteiger partial charge in [0.05, 0.1) is 5.56 Å². The van der Waals surface area contributed by atoms with Gasteiger partial charge in [0.2, 0.25) is 0 Å². The topological polar surface area (TPSA) is 75.0 Å². The minimum atomic E-state index is -0.441. The molecular weight excluding hydrogens is 368 g/mol. The molecular formula is C22H26N4OS. The summed E-state index contributed by atoms with van der Waals surface area (Å²) in [6, 6.07) is 14.1. The molecule has 146 valence electrons. The lowest BCUT2D eigenvalue weighted by Crippen LogP contribution is -2.29. The first-order valence-corrected chi connectivity index (χ1v) is 10.7. The van der Waals surface area contributed by atoms with E-state index >= 15 is 0 Å². The summed E-state index contributed by atoms with van der Waals surface area (Å²) < 4.78 is 2.46. The lowest BCUT2D eigenvalue weighted by Gasteiger charge is -2.31. The molecule has 1 fully saturated rings. The van der Waals surface area contributed by atoms with E-state index in [1.807, 2.05) is 48.3 Å². The van der Waals surface area contributed by atoms with Gasteiger partial charge in [0, 0.05) is 35.3 Å². The smallest absolute Gasteiger partial charge is 0.251 e. The lowest BCUT2D eigenvalue weighted by atomic mass is 9.90. The van der Waals surface area contributed by atoms with Crippen molar-refractivity contribution >= 4 is 28.8 Å². The molecule has 1 aliphatic heterocycles. The summed E-state index contributed by atoms with van der Waals surface area (Å²) in [6.07, 6.45) is 2.16. The zero-order valence-corrected chi connectivity index (χ0v) is 17.1. The second-order valence-electron chi connectivity index (χ2n) is 7.64. The van der Waals surface area contributed by atoms with E-state index in [1.165, 1.54) is 0 Å². The molecule has 0 spiro atoms. The first-order chi connectivity index (χ1) is 13.5. The van der Waals surface area contributed by atoms with Crippen LogP contribution >= 0.6 is 11.9 Å². The number of fused-ring (bicyclic) bond motifs is 1. The molecule has 2 aromatic carbocycles. The van der Waals surface area contributed by atoms with E-state index < -0.39 is 5.91 Å². The van der Waals surface area contributed by atoms with Crippen molar-refractivity contribution in [2.75, 3.05) is 13.1 Å². The molecule has 0 radical (unpaired) electrons. The van der Waals surface area contributed by atoms with Crippen LogP contribution in [0.4, 0.5) is 0 Å². The molecule has 1 aromatic heterocycles. The zero-order chi connectivity index (χ0) is 19.7. The first-order valence-electron chi connectivity index (χ1n) is 9.82. The van der Waals surface area contributed by atoms with Crippen LogP contribution in [-0.2, 0) is 0 Å². The summed E-state index contributed by atoms with van der Waals surface area (Å²) in [4.78, 5) is 12.1. The molecule has 0 saturated carbocycles. The number of piperidine rings is 1. The number of aromatic amines is 1. The number of H-pyrrole nitrogens is 1. The molecule has 3 aromatic rings. The number of aromatic nitrogens is 2. The van der Waals surface area contributed by atoms with Crippen LogP contribution in [0.2, 0.25) is 0 Å². The van der Waals surface area contributed by atoms with Crippen molar-refractivity contribution in [3.8, 4) is 11.1 Å². The van der Waals surface area contributed by atoms with Crippen molar-refractivity contribution in [3.63, 3.8) is 0 Å². The van der Waals surface area contributed by atoms with Gasteiger partial charge in [0.15, 0.2) is 0 Å². The Hall–Kier alpha value is -2.31. The molecule has 0 atom stereocenters. The molecule has 1 amide bonds. The van der Waals surface area contributed by atoms with Crippen LogP contribution in [0.15, 0.2) is 42.5 Å². The normalized spacial score (nSPS) is 16.1. The van der Waals surface area contributed by atoms with Gasteiger partial charge >= 0.3 is 0 Å². The molecule has 0 unspecified atom stereocenters. The molecule has 0 bridgehead atoms. The largest absolute Gasteiger partial charge is 0.366 e. The third-order valence-corrected chi connectivity index (χ3v) is 6.37. The number of nitrogens with two attached hydrogens (primary N) is 1. The SMILES string of the molecule is CC(C)SN1CCC(c2[nH]nc3c(C(N)=O)cc(-c4ccccc4)cc23)CC1. The average Bonchev–Trinajstić information content (AvgIpc) is 3.12. The number of nitrogens with zero attached hydrogens (tertiary/aromatic N) is 2. The first kappa shape index (κ1) is 19.0. The van der Waals surface area contributed by atoms with Crippen LogP contribution in [0, 0.1) is 0 Å². The van der Waals surface area contributed by atoms with Crippen molar-refractivity contribution in [3.05, 3.63) is 53.7 Å². The van der Waals surface area contributed by atoms with E-state index in [0.717, 1.165) is 48.1 Å². The maximum atomic E-state index is 12.1. The molecule has 1 saturated heterocycles. The Kier molecular flexibility index (Phi) is 5.42. The van der Waals surface area contributed by atoms with E-state index in [0.29, 0.717) is 22.2 Å². The third kappa shape index (κ3) is 3.80. The fraction of sp³-hybridized carbons (Fsp3) is 0.364. The Morgan fingerprint density at radius 2 is 1.89 bits per heavy atom. The minimum Gasteiger partial charge on any atom is -0.366 e. The van der Waals surface area contributed by atoms with Crippen LogP contribution in [0.5, 0.6) is 0 Å². The van der Waals surface area contributed by atoms with E-state index in [-0.39, 0.29) is 0 Å². The molecule has 28 heavy (non-hydrogen) atoms. The maximum Gasteiger partial charge on any atom is 0.251 e. The number of hydrogen-bond donors (Lipinski definition) is 2. The van der Waals surface area contributed by atoms with Crippen LogP contribution in [-0.4, -0.2) is 38.7 Å². The van der Waals surface area contributed by atoms with Gasteiger partial charge < -0.3 is 5.73 Å². The number of benzene rings is 2. The minimum absolute atomic E-state index is 0.417. The van der Waals surface area contributed by atoms with Gasteiger partial charge in [-0.1, -0.05) is 56.1 Å². The number of carbonyl (C=O) groups is 1. The zero-order valence-electron chi connectivity index (χ0n) is 16.3. The van der Waals surface area contributed by atoms with Gasteiger partial charge in [0.1, 0.15) is 5.52 Å². The molecule has 2 heterocycles. The fourth-order valence-corrected chi connectivity index (χ4v) is 5.00. The summed E-state index contributed by atoms with van der Waals surface area (Å²) in [5.41, 5.74) is 10.0. The van der Waals surface area contributed by atoms with Gasteiger partial charge in [0.25, 0.3) is 5.91 Å². The Balaban J connectivity index is 1.71. The predicted octanol–water partition coefficient (Wildman–Crippen LogP) is 4.56. The highest BCUT2D eigenvalue weighted by atomic mass is 32.2. The third-order valence-electron chi connectivity index (χ3n) is 5.28. The monoisotopic (exact) mass is 394 g/mol. The van der Waals surface area contributed by atoms with E-state index in [4.69, 9.17) is 5.73 Å². The van der Waals surface area contributed by atoms with Crippen LogP contribution < -0.4 is 5.73 Å². The highest BCUT2D eigenvalue weighted by Crippen LogP contribution is 2.36. The Bertz CT molecular complexity index is 975. The summed E-state index contributed by atoms with van der Waals surface area (Å²) >= 11 is 1.93. The van der Waals surface area contributed by atoms with Crippen LogP contribution in [0.3, 0.4) is 0 Å². The van der Waals surface area contributed by atoms with Crippen molar-refractivity contribution in [2.45, 2.75) is 37.9 Å². The molecule has 4 rings (SSSR count). The molecule has 5 nitrogen and oxygen atoms in total. The summed E-state index contributed by atoms with van der Waals surface area (Å²) in [5, 5.41) is 9.33. The van der Waals surface area contributed by atoms with Gasteiger partial charge in [-0.05, 0) is 36.1 Å². The van der Waals surface area contributed by atoms with Crippen LogP contribution in [0.1, 0.15) is 48.7 Å². The van der Waals surface area contributed by atoms with Gasteiger partial charge in [-0.3, -0.25) is 14.2 Å². The van der Waals surface area contributed by atoms with Gasteiger partial charge in [-0.25, -0.2) is 0 Å². The van der Waals surface area contributed by atoms with Crippen molar-refractivity contribution in [2.24, 2.45) is 5.73 Å². The fourth-order valence-electron chi connectivity index (χ4n) is 3.98. The second kappa shape index (κ2) is 7.97. The maximum absolute atomic E-state index is 12.1. The second-order valence-corrected chi connectivity index (χ2v) is 9.32. The van der Waals surface area contributed by atoms with E-state index in [9.17, 15) is 4.79 Å². The summed E-state index contributed by atoms with van der Waals surface area (Å²) in [7, 11) is 0. The average molecular weight is 395 g/mol. The molecule has 6 heteroatoms. The quantitative estimate of drug-likeness (QED) is 0.622. The molecule has 0 aliphatic carbocycles. The number of amides is 1. The number of carbonyl (C=O) groups excluding carboxylic acids is 1. The Morgan fingerprint density at radius 1 is 1.18 bits per heavy atom. The number of nitrogens with one attached hydrogen (secondary N) is 1. The van der Waals surface area contributed by atoms with Gasteiger partial charge in [-0.15, -0.1) is 0 Å². The summed E-state index contributed by atoms with van der Waals surface area (Å²) in [5.74, 6) is -0.0234. The summed E-state index contributed by atoms with van der Waals surface area (Å²) in [6.45, 7) is 6.59. The highest BCUT2D eigenvalue weighted by molar-refractivity contribution is 7.97. The number of rotatable bonds is 5. The Labute approximate surface area is 169 Å². The van der Waals surface area contributed by atoms with Crippen molar-refractivity contribution in [1.29, 1.82) is 0 Å². The standard InChI is InChI=1S/C22H26N4OS/c1-14(2)28-26-10-8-16(9-11-26)20-18-12-17(15-6-4-3-5-7-15)13-19(22(23)27)21(18)25-24-20/h3-7,12-14,16H,8-11H2,1-2H3,(H2,23,27)(H,24,25). The van der Waals surface area contributed by atoms with Gasteiger partial charge in [-0.2, -0.15) is 5.10 Å². The van der Waals surface area contributed by atoms with Crippen molar-refractivity contribution in [1.82, 2.24) is 14.5 Å². The van der Waals surface area contributed by atoms with E-state index in [1.54, 1.807) is 0 Å². The number of hydrogen-bond acceptors (Lipinski definition) is 4. The van der Waals surface area contributed by atoms with Crippen LogP contribution in [0.25, 0.3) is 22.0 Å². The molecule has 1 aliphatic rings. The lowest BCUT2D eigenvalue weighted by molar-refractivity contribution is 0.100. The Morgan fingerprint density at radius 3 is 2.54 bits per heavy atom. The molecule has 3 N–H and O–H groups in total. The highest BCUT2D eigenvalue weighted by Gasteiger charge is 2.26.